The fourth-order valence-corrected chi connectivity index (χ4v) is 3.99. The van der Waals surface area contributed by atoms with Gasteiger partial charge in [-0.15, -0.1) is 4.73 Å². The van der Waals surface area contributed by atoms with Gasteiger partial charge in [0.05, 0.1) is 6.61 Å². The van der Waals surface area contributed by atoms with Crippen molar-refractivity contribution in [2.24, 2.45) is 5.92 Å². The van der Waals surface area contributed by atoms with Crippen LogP contribution in [0, 0.1) is 11.1 Å². The largest absolute Gasteiger partial charge is 0.616 e. The number of benzene rings is 2. The molecule has 34 heavy (non-hydrogen) atoms. The summed E-state index contributed by atoms with van der Waals surface area (Å²) in [5, 5.41) is 14.7. The van der Waals surface area contributed by atoms with Crippen LogP contribution in [0.4, 0.5) is 0 Å². The SMILES string of the molecule is CCCCOc1c(Cc2c[nH]c3ccccc23)nc(OCc2ccccc2)c(CC(C)C)[n+]1[O-]. The highest BCUT2D eigenvalue weighted by atomic mass is 16.6. The molecular weight excluding hydrogens is 426 g/mol. The van der Waals surface area contributed by atoms with Crippen LogP contribution in [-0.2, 0) is 19.4 Å². The van der Waals surface area contributed by atoms with Crippen molar-refractivity contribution >= 4 is 10.9 Å². The topological polar surface area (TPSA) is 74.1 Å². The van der Waals surface area contributed by atoms with Crippen molar-refractivity contribution in [3.63, 3.8) is 0 Å². The second-order valence-corrected chi connectivity index (χ2v) is 9.02. The second kappa shape index (κ2) is 11.1. The lowest BCUT2D eigenvalue weighted by molar-refractivity contribution is -0.623. The molecule has 6 nitrogen and oxygen atoms in total. The van der Waals surface area contributed by atoms with Gasteiger partial charge in [0, 0.05) is 29.9 Å². The molecule has 0 radical (unpaired) electrons. The zero-order chi connectivity index (χ0) is 23.9. The molecule has 0 amide bonds. The van der Waals surface area contributed by atoms with E-state index in [0.717, 1.165) is 39.6 Å². The lowest BCUT2D eigenvalue weighted by Crippen LogP contribution is -2.38. The molecule has 0 aliphatic heterocycles. The molecule has 2 aromatic carbocycles. The first-order valence-corrected chi connectivity index (χ1v) is 12.1. The number of rotatable bonds is 11. The lowest BCUT2D eigenvalue weighted by Gasteiger charge is -2.17. The van der Waals surface area contributed by atoms with Gasteiger partial charge in [0.15, 0.2) is 5.69 Å². The van der Waals surface area contributed by atoms with Crippen LogP contribution in [0.1, 0.15) is 56.1 Å². The Kier molecular flexibility index (Phi) is 7.68. The van der Waals surface area contributed by atoms with Crippen LogP contribution in [-0.4, -0.2) is 16.6 Å². The molecule has 0 saturated carbocycles. The normalized spacial score (nSPS) is 11.3. The highest BCUT2D eigenvalue weighted by Gasteiger charge is 2.28. The zero-order valence-electron chi connectivity index (χ0n) is 20.2. The molecule has 6 heteroatoms. The van der Waals surface area contributed by atoms with E-state index in [1.165, 1.54) is 0 Å². The molecule has 0 spiro atoms. The van der Waals surface area contributed by atoms with Crippen molar-refractivity contribution in [3.8, 4) is 11.8 Å². The highest BCUT2D eigenvalue weighted by molar-refractivity contribution is 5.83. The van der Waals surface area contributed by atoms with Crippen LogP contribution < -0.4 is 14.2 Å². The quantitative estimate of drug-likeness (QED) is 0.176. The van der Waals surface area contributed by atoms with Gasteiger partial charge in [0.25, 0.3) is 11.6 Å². The molecule has 2 heterocycles. The van der Waals surface area contributed by atoms with E-state index in [1.54, 1.807) is 0 Å². The van der Waals surface area contributed by atoms with Crippen molar-refractivity contribution < 1.29 is 14.2 Å². The number of H-pyrrole nitrogens is 1. The van der Waals surface area contributed by atoms with E-state index < -0.39 is 0 Å². The van der Waals surface area contributed by atoms with Crippen LogP contribution in [0.5, 0.6) is 11.8 Å². The molecule has 0 aliphatic carbocycles. The summed E-state index contributed by atoms with van der Waals surface area (Å²) in [6, 6.07) is 18.1. The van der Waals surface area contributed by atoms with E-state index in [1.807, 2.05) is 54.7 Å². The van der Waals surface area contributed by atoms with Gasteiger partial charge in [-0.3, -0.25) is 0 Å². The molecule has 2 aromatic heterocycles. The van der Waals surface area contributed by atoms with E-state index >= 15 is 0 Å². The molecule has 0 fully saturated rings. The number of hydrogen-bond acceptors (Lipinski definition) is 4. The first-order valence-electron chi connectivity index (χ1n) is 12.1. The number of hydrogen-bond donors (Lipinski definition) is 1. The van der Waals surface area contributed by atoms with E-state index in [4.69, 9.17) is 14.5 Å². The zero-order valence-corrected chi connectivity index (χ0v) is 20.2. The smallest absolute Gasteiger partial charge is 0.402 e. The summed E-state index contributed by atoms with van der Waals surface area (Å²) >= 11 is 0. The average molecular weight is 460 g/mol. The van der Waals surface area contributed by atoms with Crippen molar-refractivity contribution in [1.82, 2.24) is 9.97 Å². The minimum Gasteiger partial charge on any atom is -0.616 e. The maximum Gasteiger partial charge on any atom is 0.402 e. The Morgan fingerprint density at radius 3 is 2.56 bits per heavy atom. The number of para-hydroxylation sites is 1. The molecule has 0 aliphatic rings. The lowest BCUT2D eigenvalue weighted by atomic mass is 10.1. The highest BCUT2D eigenvalue weighted by Crippen LogP contribution is 2.27. The van der Waals surface area contributed by atoms with E-state index in [0.29, 0.717) is 43.3 Å². The standard InChI is InChI=1S/C28H33N3O3/c1-4-5-15-33-28-25(17-22-18-29-24-14-10-9-13-23(22)24)30-27(26(31(28)32)16-20(2)3)34-19-21-11-7-6-8-12-21/h6-14,18,20,29H,4-5,15-17,19H2,1-3H3. The minimum absolute atomic E-state index is 0.268. The summed E-state index contributed by atoms with van der Waals surface area (Å²) in [5.74, 6) is 0.927. The number of aromatic nitrogens is 3. The van der Waals surface area contributed by atoms with Gasteiger partial charge in [-0.2, -0.15) is 0 Å². The summed E-state index contributed by atoms with van der Waals surface area (Å²) in [7, 11) is 0. The Labute approximate surface area is 201 Å². The maximum absolute atomic E-state index is 13.6. The summed E-state index contributed by atoms with van der Waals surface area (Å²) in [6.07, 6.45) is 4.86. The van der Waals surface area contributed by atoms with Crippen molar-refractivity contribution in [2.45, 2.75) is 53.1 Å². The average Bonchev–Trinajstić information content (AvgIpc) is 3.25. The first kappa shape index (κ1) is 23.6. The van der Waals surface area contributed by atoms with E-state index in [-0.39, 0.29) is 11.8 Å². The molecule has 0 saturated heterocycles. The fraction of sp³-hybridized carbons (Fsp3) is 0.357. The summed E-state index contributed by atoms with van der Waals surface area (Å²) in [6.45, 7) is 7.09. The van der Waals surface area contributed by atoms with E-state index in [2.05, 4.69) is 31.8 Å². The third-order valence-corrected chi connectivity index (χ3v) is 5.75. The molecule has 1 N–H and O–H groups in total. The van der Waals surface area contributed by atoms with Crippen molar-refractivity contribution in [3.05, 3.63) is 88.5 Å². The third-order valence-electron chi connectivity index (χ3n) is 5.75. The predicted octanol–water partition coefficient (Wildman–Crippen LogP) is 5.74. The van der Waals surface area contributed by atoms with Gasteiger partial charge < -0.3 is 19.7 Å². The number of aromatic amines is 1. The Morgan fingerprint density at radius 2 is 1.79 bits per heavy atom. The molecule has 4 aromatic rings. The van der Waals surface area contributed by atoms with Gasteiger partial charge in [-0.25, -0.2) is 4.98 Å². The van der Waals surface area contributed by atoms with Gasteiger partial charge >= 0.3 is 5.88 Å². The van der Waals surface area contributed by atoms with Crippen LogP contribution >= 0.6 is 0 Å². The monoisotopic (exact) mass is 459 g/mol. The Bertz CT molecular complexity index is 1220. The number of unbranched alkanes of at least 4 members (excludes halogenated alkanes) is 1. The number of nitrogens with one attached hydrogen (secondary N) is 1. The van der Waals surface area contributed by atoms with E-state index in [9.17, 15) is 5.21 Å². The Hall–Kier alpha value is -3.54. The van der Waals surface area contributed by atoms with Crippen molar-refractivity contribution in [2.75, 3.05) is 6.61 Å². The number of fused-ring (bicyclic) bond motifs is 1. The fourth-order valence-electron chi connectivity index (χ4n) is 3.99. The predicted molar refractivity (Wildman–Crippen MR) is 134 cm³/mol. The van der Waals surface area contributed by atoms with Crippen molar-refractivity contribution in [1.29, 1.82) is 0 Å². The molecule has 0 atom stereocenters. The maximum atomic E-state index is 13.6. The Balaban J connectivity index is 1.75. The van der Waals surface area contributed by atoms with Gasteiger partial charge in [0.2, 0.25) is 0 Å². The molecule has 0 bridgehead atoms. The summed E-state index contributed by atoms with van der Waals surface area (Å²) in [4.78, 5) is 8.19. The summed E-state index contributed by atoms with van der Waals surface area (Å²) in [5.41, 5.74) is 4.25. The minimum atomic E-state index is 0.268. The van der Waals surface area contributed by atoms with Gasteiger partial charge in [-0.1, -0.05) is 75.7 Å². The van der Waals surface area contributed by atoms with Crippen LogP contribution in [0.3, 0.4) is 0 Å². The van der Waals surface area contributed by atoms with Crippen LogP contribution in [0.15, 0.2) is 60.8 Å². The second-order valence-electron chi connectivity index (χ2n) is 9.02. The number of ether oxygens (including phenoxy) is 2. The van der Waals surface area contributed by atoms with Crippen LogP contribution in [0.25, 0.3) is 10.9 Å². The van der Waals surface area contributed by atoms with Gasteiger partial charge in [-0.05, 0) is 29.5 Å². The first-order chi connectivity index (χ1) is 16.6. The summed E-state index contributed by atoms with van der Waals surface area (Å²) < 4.78 is 13.1. The molecule has 0 unspecified atom stereocenters. The number of nitrogens with zero attached hydrogens (tertiary/aromatic N) is 2. The third kappa shape index (κ3) is 5.50. The van der Waals surface area contributed by atoms with Gasteiger partial charge in [0.1, 0.15) is 6.61 Å². The molecule has 4 rings (SSSR count). The Morgan fingerprint density at radius 1 is 1.03 bits per heavy atom. The van der Waals surface area contributed by atoms with Crippen LogP contribution in [0.2, 0.25) is 0 Å². The molecular formula is C28H33N3O3. The molecule has 178 valence electrons.